The summed E-state index contributed by atoms with van der Waals surface area (Å²) in [5.74, 6) is -0.444. The zero-order chi connectivity index (χ0) is 16.8. The molecule has 2 heterocycles. The molecule has 23 heavy (non-hydrogen) atoms. The van der Waals surface area contributed by atoms with Gasteiger partial charge in [-0.25, -0.2) is 4.98 Å². The summed E-state index contributed by atoms with van der Waals surface area (Å²) in [7, 11) is 0. The lowest BCUT2D eigenvalue weighted by Gasteiger charge is -2.25. The van der Waals surface area contributed by atoms with E-state index in [1.54, 1.807) is 0 Å². The highest BCUT2D eigenvalue weighted by Gasteiger charge is 2.24. The summed E-state index contributed by atoms with van der Waals surface area (Å²) in [5, 5.41) is 7.99. The summed E-state index contributed by atoms with van der Waals surface area (Å²) in [6.07, 6.45) is 0. The van der Waals surface area contributed by atoms with Gasteiger partial charge in [0.05, 0.1) is 18.9 Å². The highest BCUT2D eigenvalue weighted by atomic mass is 32.1. The average molecular weight is 340 g/mol. The van der Waals surface area contributed by atoms with Gasteiger partial charge in [-0.1, -0.05) is 13.8 Å². The second-order valence-electron chi connectivity index (χ2n) is 5.94. The molecule has 0 saturated carbocycles. The molecule has 2 N–H and O–H groups in total. The lowest BCUT2D eigenvalue weighted by atomic mass is 10.0. The van der Waals surface area contributed by atoms with Gasteiger partial charge in [0, 0.05) is 31.9 Å². The summed E-state index contributed by atoms with van der Waals surface area (Å²) in [5.41, 5.74) is 0.938. The standard InChI is InChI=1S/C15H24N4O3S/c1-10(2)13(16-11(3)20)14(21)18-15-17-12(9-23-15)8-19-4-6-22-7-5-19/h9-10,13H,4-8H2,1-3H3,(H,16,20)(H,17,18,21). The normalized spacial score (nSPS) is 17.0. The van der Waals surface area contributed by atoms with Crippen LogP contribution in [0, 0.1) is 5.92 Å². The van der Waals surface area contributed by atoms with Crippen LogP contribution >= 0.6 is 11.3 Å². The molecule has 2 amide bonds. The summed E-state index contributed by atoms with van der Waals surface area (Å²) in [4.78, 5) is 30.3. The van der Waals surface area contributed by atoms with Crippen LogP contribution in [0.5, 0.6) is 0 Å². The van der Waals surface area contributed by atoms with Crippen molar-refractivity contribution in [3.8, 4) is 0 Å². The molecule has 0 aliphatic carbocycles. The molecule has 1 aromatic rings. The number of carbonyl (C=O) groups excluding carboxylic acids is 2. The molecule has 0 spiro atoms. The molecular weight excluding hydrogens is 316 g/mol. The summed E-state index contributed by atoms with van der Waals surface area (Å²) < 4.78 is 5.32. The Bertz CT molecular complexity index is 541. The van der Waals surface area contributed by atoms with Crippen LogP contribution in [0.3, 0.4) is 0 Å². The predicted octanol–water partition coefficient (Wildman–Crippen LogP) is 1.07. The number of rotatable bonds is 6. The van der Waals surface area contributed by atoms with Crippen LogP contribution in [0.25, 0.3) is 0 Å². The second-order valence-corrected chi connectivity index (χ2v) is 6.80. The molecule has 1 unspecified atom stereocenters. The van der Waals surface area contributed by atoms with Crippen LogP contribution in [0.1, 0.15) is 26.5 Å². The Kier molecular flexibility index (Phi) is 6.49. The monoisotopic (exact) mass is 340 g/mol. The Morgan fingerprint density at radius 1 is 1.39 bits per heavy atom. The van der Waals surface area contributed by atoms with Gasteiger partial charge in [0.25, 0.3) is 0 Å². The number of nitrogens with zero attached hydrogens (tertiary/aromatic N) is 2. The molecule has 0 aromatic carbocycles. The first-order valence-corrected chi connectivity index (χ1v) is 8.66. The number of morpholine rings is 1. The number of hydrogen-bond donors (Lipinski definition) is 2. The molecule has 128 valence electrons. The van der Waals surface area contributed by atoms with E-state index < -0.39 is 6.04 Å². The molecular formula is C15H24N4O3S. The minimum atomic E-state index is -0.556. The Balaban J connectivity index is 1.91. The van der Waals surface area contributed by atoms with Crippen molar-refractivity contribution in [1.82, 2.24) is 15.2 Å². The van der Waals surface area contributed by atoms with E-state index in [1.165, 1.54) is 18.3 Å². The van der Waals surface area contributed by atoms with Gasteiger partial charge in [-0.2, -0.15) is 0 Å². The number of hydrogen-bond acceptors (Lipinski definition) is 6. The first-order chi connectivity index (χ1) is 11.0. The second kappa shape index (κ2) is 8.37. The zero-order valence-electron chi connectivity index (χ0n) is 13.8. The number of anilines is 1. The van der Waals surface area contributed by atoms with Crippen molar-refractivity contribution in [2.45, 2.75) is 33.4 Å². The first kappa shape index (κ1) is 17.8. The molecule has 0 bridgehead atoms. The first-order valence-electron chi connectivity index (χ1n) is 7.78. The largest absolute Gasteiger partial charge is 0.379 e. The SMILES string of the molecule is CC(=O)NC(C(=O)Nc1nc(CN2CCOCC2)cs1)C(C)C. The molecule has 1 aliphatic heterocycles. The molecule has 1 saturated heterocycles. The van der Waals surface area contributed by atoms with Crippen LogP contribution in [-0.4, -0.2) is 54.0 Å². The number of nitrogens with one attached hydrogen (secondary N) is 2. The van der Waals surface area contributed by atoms with Gasteiger partial charge in [0.1, 0.15) is 6.04 Å². The molecule has 1 aromatic heterocycles. The zero-order valence-corrected chi connectivity index (χ0v) is 14.6. The highest BCUT2D eigenvalue weighted by Crippen LogP contribution is 2.18. The third kappa shape index (κ3) is 5.56. The van der Waals surface area contributed by atoms with Crippen molar-refractivity contribution in [3.63, 3.8) is 0 Å². The van der Waals surface area contributed by atoms with Crippen molar-refractivity contribution >= 4 is 28.3 Å². The third-order valence-corrected chi connectivity index (χ3v) is 4.39. The molecule has 8 heteroatoms. The number of aromatic nitrogens is 1. The van der Waals surface area contributed by atoms with Crippen molar-refractivity contribution in [1.29, 1.82) is 0 Å². The fraction of sp³-hybridized carbons (Fsp3) is 0.667. The number of amides is 2. The van der Waals surface area contributed by atoms with Crippen molar-refractivity contribution in [2.24, 2.45) is 5.92 Å². The maximum atomic E-state index is 12.3. The topological polar surface area (TPSA) is 83.6 Å². The summed E-state index contributed by atoms with van der Waals surface area (Å²) in [6, 6.07) is -0.556. The molecule has 2 rings (SSSR count). The lowest BCUT2D eigenvalue weighted by molar-refractivity contribution is -0.126. The highest BCUT2D eigenvalue weighted by molar-refractivity contribution is 7.13. The molecule has 1 atom stereocenters. The van der Waals surface area contributed by atoms with Crippen LogP contribution in [-0.2, 0) is 20.9 Å². The predicted molar refractivity (Wildman–Crippen MR) is 89.3 cm³/mol. The van der Waals surface area contributed by atoms with E-state index in [1.807, 2.05) is 19.2 Å². The number of ether oxygens (including phenoxy) is 1. The van der Waals surface area contributed by atoms with Gasteiger partial charge in [-0.05, 0) is 5.92 Å². The van der Waals surface area contributed by atoms with Crippen molar-refractivity contribution in [3.05, 3.63) is 11.1 Å². The molecule has 0 radical (unpaired) electrons. The van der Waals surface area contributed by atoms with E-state index in [4.69, 9.17) is 4.74 Å². The van der Waals surface area contributed by atoms with E-state index in [-0.39, 0.29) is 17.7 Å². The Labute approximate surface area is 140 Å². The van der Waals surface area contributed by atoms with Gasteiger partial charge in [-0.15, -0.1) is 11.3 Å². The third-order valence-electron chi connectivity index (χ3n) is 3.58. The van der Waals surface area contributed by atoms with Gasteiger partial charge >= 0.3 is 0 Å². The van der Waals surface area contributed by atoms with E-state index in [2.05, 4.69) is 20.5 Å². The summed E-state index contributed by atoms with van der Waals surface area (Å²) in [6.45, 7) is 9.26. The maximum absolute atomic E-state index is 12.3. The quantitative estimate of drug-likeness (QED) is 0.809. The van der Waals surface area contributed by atoms with Gasteiger partial charge in [0.2, 0.25) is 11.8 Å². The number of thiazole rings is 1. The lowest BCUT2D eigenvalue weighted by Crippen LogP contribution is -2.46. The minimum Gasteiger partial charge on any atom is -0.379 e. The van der Waals surface area contributed by atoms with Crippen molar-refractivity contribution in [2.75, 3.05) is 31.6 Å². The Morgan fingerprint density at radius 3 is 2.70 bits per heavy atom. The average Bonchev–Trinajstić information content (AvgIpc) is 2.92. The van der Waals surface area contributed by atoms with E-state index in [0.29, 0.717) is 5.13 Å². The molecule has 1 aliphatic rings. The minimum absolute atomic E-state index is 0.00619. The molecule has 7 nitrogen and oxygen atoms in total. The van der Waals surface area contributed by atoms with Gasteiger partial charge in [0.15, 0.2) is 5.13 Å². The van der Waals surface area contributed by atoms with Crippen molar-refractivity contribution < 1.29 is 14.3 Å². The number of carbonyl (C=O) groups is 2. The van der Waals surface area contributed by atoms with Gasteiger partial charge < -0.3 is 15.4 Å². The van der Waals surface area contributed by atoms with Gasteiger partial charge in [-0.3, -0.25) is 14.5 Å². The van der Waals surface area contributed by atoms with Crippen LogP contribution in [0.4, 0.5) is 5.13 Å². The Morgan fingerprint density at radius 2 is 2.09 bits per heavy atom. The maximum Gasteiger partial charge on any atom is 0.248 e. The van der Waals surface area contributed by atoms with E-state index in [0.717, 1.165) is 38.5 Å². The fourth-order valence-corrected chi connectivity index (χ4v) is 3.07. The smallest absolute Gasteiger partial charge is 0.248 e. The van der Waals surface area contributed by atoms with E-state index >= 15 is 0 Å². The summed E-state index contributed by atoms with van der Waals surface area (Å²) >= 11 is 1.40. The molecule has 1 fully saturated rings. The van der Waals surface area contributed by atoms with Crippen LogP contribution < -0.4 is 10.6 Å². The Hall–Kier alpha value is -1.51. The van der Waals surface area contributed by atoms with Crippen LogP contribution in [0.15, 0.2) is 5.38 Å². The van der Waals surface area contributed by atoms with Crippen LogP contribution in [0.2, 0.25) is 0 Å². The fourth-order valence-electron chi connectivity index (χ4n) is 2.36. The van der Waals surface area contributed by atoms with E-state index in [9.17, 15) is 9.59 Å².